The molecular weight excluding hydrogens is 380 g/mol. The van der Waals surface area contributed by atoms with Gasteiger partial charge in [-0.3, -0.25) is 0 Å². The molecule has 2 saturated heterocycles. The summed E-state index contributed by atoms with van der Waals surface area (Å²) in [6.45, 7) is 10.7. The van der Waals surface area contributed by atoms with Crippen LogP contribution in [0.25, 0.3) is 0 Å². The highest BCUT2D eigenvalue weighted by Crippen LogP contribution is 2.17. The monoisotopic (exact) mass is 416 g/mol. The van der Waals surface area contributed by atoms with Crippen molar-refractivity contribution in [2.75, 3.05) is 57.3 Å². The van der Waals surface area contributed by atoms with Gasteiger partial charge in [-0.15, -0.1) is 0 Å². The van der Waals surface area contributed by atoms with E-state index in [-0.39, 0.29) is 6.09 Å². The summed E-state index contributed by atoms with van der Waals surface area (Å²) >= 11 is 0. The van der Waals surface area contributed by atoms with Crippen molar-refractivity contribution in [3.8, 4) is 0 Å². The van der Waals surface area contributed by atoms with Crippen LogP contribution in [0.15, 0.2) is 23.3 Å². The summed E-state index contributed by atoms with van der Waals surface area (Å²) in [5.41, 5.74) is 1.11. The molecule has 2 aliphatic heterocycles. The minimum atomic E-state index is -0.227. The molecule has 1 aromatic heterocycles. The van der Waals surface area contributed by atoms with E-state index in [0.717, 1.165) is 50.1 Å². The Morgan fingerprint density at radius 1 is 1.03 bits per heavy atom. The van der Waals surface area contributed by atoms with Crippen LogP contribution in [0.2, 0.25) is 0 Å². The molecule has 8 nitrogen and oxygen atoms in total. The zero-order chi connectivity index (χ0) is 21.2. The summed E-state index contributed by atoms with van der Waals surface area (Å²) in [5, 5.41) is 3.37. The van der Waals surface area contributed by atoms with Crippen molar-refractivity contribution in [1.82, 2.24) is 20.1 Å². The highest BCUT2D eigenvalue weighted by atomic mass is 16.6. The van der Waals surface area contributed by atoms with Crippen molar-refractivity contribution in [2.24, 2.45) is 4.99 Å². The first-order valence-electron chi connectivity index (χ1n) is 11.4. The first-order chi connectivity index (χ1) is 14.7. The standard InChI is InChI=1S/C22H36N6O2/c1-3-23-21(27-13-15-28(16-14-27)22(29)30-4-2)25-18-19-9-10-20(24-17-19)26-11-7-5-6-8-12-26/h9-10,17H,3-8,11-16,18H2,1-2H3,(H,23,25). The summed E-state index contributed by atoms with van der Waals surface area (Å²) in [7, 11) is 0. The predicted molar refractivity (Wildman–Crippen MR) is 120 cm³/mol. The van der Waals surface area contributed by atoms with Crippen LogP contribution in [-0.2, 0) is 11.3 Å². The fraction of sp³-hybridized carbons (Fsp3) is 0.682. The number of hydrogen-bond acceptors (Lipinski definition) is 5. The highest BCUT2D eigenvalue weighted by Gasteiger charge is 2.23. The molecule has 3 rings (SSSR count). The molecule has 0 aromatic carbocycles. The van der Waals surface area contributed by atoms with Gasteiger partial charge in [0.25, 0.3) is 0 Å². The molecule has 0 bridgehead atoms. The molecule has 0 spiro atoms. The lowest BCUT2D eigenvalue weighted by Gasteiger charge is -2.35. The summed E-state index contributed by atoms with van der Waals surface area (Å²) in [6, 6.07) is 4.26. The van der Waals surface area contributed by atoms with Crippen LogP contribution in [0, 0.1) is 0 Å². The van der Waals surface area contributed by atoms with Gasteiger partial charge in [-0.05, 0) is 38.3 Å². The van der Waals surface area contributed by atoms with E-state index < -0.39 is 0 Å². The smallest absolute Gasteiger partial charge is 0.409 e. The highest BCUT2D eigenvalue weighted by molar-refractivity contribution is 5.80. The fourth-order valence-electron chi connectivity index (χ4n) is 3.90. The van der Waals surface area contributed by atoms with Crippen LogP contribution in [0.1, 0.15) is 45.1 Å². The molecule has 166 valence electrons. The molecule has 1 amide bonds. The SMILES string of the molecule is CCNC(=NCc1ccc(N2CCCCCC2)nc1)N1CCN(C(=O)OCC)CC1. The van der Waals surface area contributed by atoms with Crippen molar-refractivity contribution in [2.45, 2.75) is 46.1 Å². The number of carbonyl (C=O) groups excluding carboxylic acids is 1. The Hall–Kier alpha value is -2.51. The molecule has 1 N–H and O–H groups in total. The second-order valence-electron chi connectivity index (χ2n) is 7.77. The molecule has 2 aliphatic rings. The topological polar surface area (TPSA) is 73.3 Å². The molecule has 8 heteroatoms. The number of carbonyl (C=O) groups is 1. The van der Waals surface area contributed by atoms with E-state index in [2.05, 4.69) is 34.2 Å². The molecule has 0 atom stereocenters. The lowest BCUT2D eigenvalue weighted by Crippen LogP contribution is -2.53. The van der Waals surface area contributed by atoms with Gasteiger partial charge < -0.3 is 24.8 Å². The van der Waals surface area contributed by atoms with E-state index in [1.165, 1.54) is 25.7 Å². The number of pyridine rings is 1. The molecule has 3 heterocycles. The van der Waals surface area contributed by atoms with Crippen LogP contribution >= 0.6 is 0 Å². The van der Waals surface area contributed by atoms with E-state index >= 15 is 0 Å². The molecule has 0 aliphatic carbocycles. The Balaban J connectivity index is 1.56. The van der Waals surface area contributed by atoms with Crippen molar-refractivity contribution in [1.29, 1.82) is 0 Å². The van der Waals surface area contributed by atoms with Crippen LogP contribution in [-0.4, -0.2) is 79.3 Å². The largest absolute Gasteiger partial charge is 0.450 e. The van der Waals surface area contributed by atoms with Gasteiger partial charge in [0, 0.05) is 52.0 Å². The van der Waals surface area contributed by atoms with Gasteiger partial charge in [0.2, 0.25) is 0 Å². The van der Waals surface area contributed by atoms with Crippen molar-refractivity contribution < 1.29 is 9.53 Å². The maximum absolute atomic E-state index is 11.9. The number of aliphatic imine (C=N–C) groups is 1. The summed E-state index contributed by atoms with van der Waals surface area (Å²) < 4.78 is 5.10. The Kier molecular flexibility index (Phi) is 8.59. The van der Waals surface area contributed by atoms with Gasteiger partial charge in [0.05, 0.1) is 13.2 Å². The molecule has 0 unspecified atom stereocenters. The number of piperazine rings is 1. The van der Waals surface area contributed by atoms with Crippen LogP contribution < -0.4 is 10.2 Å². The first-order valence-corrected chi connectivity index (χ1v) is 11.4. The second-order valence-corrected chi connectivity index (χ2v) is 7.77. The molecule has 1 aromatic rings. The Morgan fingerprint density at radius 2 is 1.73 bits per heavy atom. The zero-order valence-corrected chi connectivity index (χ0v) is 18.5. The fourth-order valence-corrected chi connectivity index (χ4v) is 3.90. The van der Waals surface area contributed by atoms with E-state index in [9.17, 15) is 4.79 Å². The number of anilines is 1. The van der Waals surface area contributed by atoms with Crippen molar-refractivity contribution >= 4 is 17.9 Å². The molecule has 30 heavy (non-hydrogen) atoms. The van der Waals surface area contributed by atoms with Crippen LogP contribution in [0.5, 0.6) is 0 Å². The van der Waals surface area contributed by atoms with E-state index in [1.807, 2.05) is 13.1 Å². The Labute approximate surface area is 180 Å². The van der Waals surface area contributed by atoms with Gasteiger partial charge in [0.15, 0.2) is 5.96 Å². The average Bonchev–Trinajstić information content (AvgIpc) is 3.07. The Bertz CT molecular complexity index is 677. The molecule has 2 fully saturated rings. The minimum Gasteiger partial charge on any atom is -0.450 e. The third-order valence-electron chi connectivity index (χ3n) is 5.59. The summed E-state index contributed by atoms with van der Waals surface area (Å²) in [6.07, 6.45) is 6.88. The first kappa shape index (κ1) is 22.2. The van der Waals surface area contributed by atoms with Gasteiger partial charge in [-0.2, -0.15) is 0 Å². The Morgan fingerprint density at radius 3 is 2.33 bits per heavy atom. The molecule has 0 radical (unpaired) electrons. The number of hydrogen-bond donors (Lipinski definition) is 1. The van der Waals surface area contributed by atoms with Crippen molar-refractivity contribution in [3.05, 3.63) is 23.9 Å². The van der Waals surface area contributed by atoms with E-state index in [4.69, 9.17) is 14.7 Å². The molecule has 0 saturated carbocycles. The summed E-state index contributed by atoms with van der Waals surface area (Å²) in [5.74, 6) is 1.96. The number of ether oxygens (including phenoxy) is 1. The van der Waals surface area contributed by atoms with Gasteiger partial charge in [0.1, 0.15) is 5.82 Å². The van der Waals surface area contributed by atoms with Gasteiger partial charge in [-0.1, -0.05) is 18.9 Å². The molecular formula is C22H36N6O2. The maximum atomic E-state index is 11.9. The number of rotatable bonds is 5. The van der Waals surface area contributed by atoms with E-state index in [0.29, 0.717) is 26.2 Å². The minimum absolute atomic E-state index is 0.227. The van der Waals surface area contributed by atoms with Crippen LogP contribution in [0.4, 0.5) is 10.6 Å². The number of nitrogens with one attached hydrogen (secondary N) is 1. The number of nitrogens with zero attached hydrogens (tertiary/aromatic N) is 5. The maximum Gasteiger partial charge on any atom is 0.409 e. The third kappa shape index (κ3) is 6.24. The number of guanidine groups is 1. The number of aromatic nitrogens is 1. The zero-order valence-electron chi connectivity index (χ0n) is 18.5. The third-order valence-corrected chi connectivity index (χ3v) is 5.59. The lowest BCUT2D eigenvalue weighted by molar-refractivity contribution is 0.0914. The predicted octanol–water partition coefficient (Wildman–Crippen LogP) is 2.70. The van der Waals surface area contributed by atoms with Crippen molar-refractivity contribution in [3.63, 3.8) is 0 Å². The number of amides is 1. The summed E-state index contributed by atoms with van der Waals surface area (Å²) in [4.78, 5) is 27.8. The lowest BCUT2D eigenvalue weighted by atomic mass is 10.2. The van der Waals surface area contributed by atoms with Crippen LogP contribution in [0.3, 0.4) is 0 Å². The second kappa shape index (κ2) is 11.6. The average molecular weight is 417 g/mol. The van der Waals surface area contributed by atoms with Gasteiger partial charge in [-0.25, -0.2) is 14.8 Å². The quantitative estimate of drug-likeness (QED) is 0.588. The van der Waals surface area contributed by atoms with E-state index in [1.54, 1.807) is 4.90 Å². The van der Waals surface area contributed by atoms with Gasteiger partial charge >= 0.3 is 6.09 Å². The normalized spacial score (nSPS) is 18.2.